The lowest BCUT2D eigenvalue weighted by Crippen LogP contribution is -2.30. The first kappa shape index (κ1) is 12.9. The van der Waals surface area contributed by atoms with Gasteiger partial charge in [0.1, 0.15) is 0 Å². The molecule has 1 aliphatic rings. The number of hydrogen-bond donors (Lipinski definition) is 1. The van der Waals surface area contributed by atoms with Crippen molar-refractivity contribution in [2.24, 2.45) is 5.92 Å². The van der Waals surface area contributed by atoms with Gasteiger partial charge in [0.25, 0.3) is 5.91 Å². The minimum Gasteiger partial charge on any atom is -0.452 e. The van der Waals surface area contributed by atoms with E-state index < -0.39 is 6.10 Å². The molecule has 1 N–H and O–H groups in total. The topological polar surface area (TPSA) is 55.4 Å². The fraction of sp³-hybridized carbons (Fsp3) is 0.385. The summed E-state index contributed by atoms with van der Waals surface area (Å²) in [6.07, 6.45) is 0.931. The normalized spacial score (nSPS) is 15.9. The van der Waals surface area contributed by atoms with E-state index in [1.54, 1.807) is 31.2 Å². The Morgan fingerprint density at radius 3 is 2.78 bits per heavy atom. The van der Waals surface area contributed by atoms with Gasteiger partial charge in [-0.3, -0.25) is 9.59 Å². The second-order valence-corrected chi connectivity index (χ2v) is 4.79. The highest BCUT2D eigenvalue weighted by molar-refractivity contribution is 6.30. The van der Waals surface area contributed by atoms with E-state index in [9.17, 15) is 9.59 Å². The van der Waals surface area contributed by atoms with Crippen molar-refractivity contribution >= 4 is 29.2 Å². The summed E-state index contributed by atoms with van der Waals surface area (Å²) in [4.78, 5) is 23.2. The minimum absolute atomic E-state index is 0.00794. The van der Waals surface area contributed by atoms with Gasteiger partial charge in [-0.2, -0.15) is 0 Å². The maximum Gasteiger partial charge on any atom is 0.309 e. The second-order valence-electron chi connectivity index (χ2n) is 4.35. The molecule has 18 heavy (non-hydrogen) atoms. The molecular weight excluding hydrogens is 254 g/mol. The summed E-state index contributed by atoms with van der Waals surface area (Å²) in [5.41, 5.74) is 0.585. The lowest BCUT2D eigenvalue weighted by molar-refractivity contribution is -0.154. The fourth-order valence-electron chi connectivity index (χ4n) is 1.45. The molecule has 1 fully saturated rings. The first-order chi connectivity index (χ1) is 8.56. The van der Waals surface area contributed by atoms with Crippen molar-refractivity contribution in [2.75, 3.05) is 5.32 Å². The van der Waals surface area contributed by atoms with Crippen LogP contribution in [0.3, 0.4) is 0 Å². The fourth-order valence-corrected chi connectivity index (χ4v) is 1.64. The molecule has 1 aromatic carbocycles. The molecule has 0 aromatic heterocycles. The first-order valence-electron chi connectivity index (χ1n) is 5.83. The Bertz CT molecular complexity index is 471. The number of hydrogen-bond acceptors (Lipinski definition) is 3. The number of carbonyl (C=O) groups is 2. The van der Waals surface area contributed by atoms with Gasteiger partial charge in [0.2, 0.25) is 0 Å². The van der Waals surface area contributed by atoms with Crippen molar-refractivity contribution in [3.63, 3.8) is 0 Å². The zero-order valence-corrected chi connectivity index (χ0v) is 10.7. The number of carbonyl (C=O) groups excluding carboxylic acids is 2. The molecule has 0 heterocycles. The lowest BCUT2D eigenvalue weighted by atomic mass is 10.3. The van der Waals surface area contributed by atoms with Crippen molar-refractivity contribution < 1.29 is 14.3 Å². The molecule has 0 bridgehead atoms. The Kier molecular flexibility index (Phi) is 3.87. The number of rotatable bonds is 4. The molecule has 1 aliphatic carbocycles. The average molecular weight is 268 g/mol. The zero-order valence-electron chi connectivity index (χ0n) is 9.98. The van der Waals surface area contributed by atoms with Crippen LogP contribution in [-0.2, 0) is 14.3 Å². The first-order valence-corrected chi connectivity index (χ1v) is 6.21. The lowest BCUT2D eigenvalue weighted by Gasteiger charge is -2.13. The molecule has 5 heteroatoms. The summed E-state index contributed by atoms with van der Waals surface area (Å²) in [6, 6.07) is 6.81. The van der Waals surface area contributed by atoms with E-state index in [1.165, 1.54) is 0 Å². The molecule has 0 aliphatic heterocycles. The second kappa shape index (κ2) is 5.40. The van der Waals surface area contributed by atoms with Crippen LogP contribution in [0.4, 0.5) is 5.69 Å². The van der Waals surface area contributed by atoms with Crippen molar-refractivity contribution in [1.82, 2.24) is 0 Å². The quantitative estimate of drug-likeness (QED) is 0.853. The maximum absolute atomic E-state index is 11.8. The predicted octanol–water partition coefficient (Wildman–Crippen LogP) is 2.62. The SMILES string of the molecule is CC(OC(=O)C1CC1)C(=O)Nc1cccc(Cl)c1. The van der Waals surface area contributed by atoms with Crippen molar-refractivity contribution in [1.29, 1.82) is 0 Å². The van der Waals surface area contributed by atoms with Crippen LogP contribution in [0.5, 0.6) is 0 Å². The molecule has 4 nitrogen and oxygen atoms in total. The molecule has 1 aromatic rings. The highest BCUT2D eigenvalue weighted by Crippen LogP contribution is 2.30. The average Bonchev–Trinajstić information content (AvgIpc) is 3.12. The van der Waals surface area contributed by atoms with E-state index in [4.69, 9.17) is 16.3 Å². The molecule has 0 saturated heterocycles. The highest BCUT2D eigenvalue weighted by atomic mass is 35.5. The van der Waals surface area contributed by atoms with E-state index in [0.717, 1.165) is 12.8 Å². The molecule has 1 atom stereocenters. The molecule has 1 saturated carbocycles. The van der Waals surface area contributed by atoms with Gasteiger partial charge in [-0.05, 0) is 38.0 Å². The number of esters is 1. The van der Waals surface area contributed by atoms with Gasteiger partial charge < -0.3 is 10.1 Å². The Morgan fingerprint density at radius 2 is 2.17 bits per heavy atom. The molecule has 0 radical (unpaired) electrons. The van der Waals surface area contributed by atoms with E-state index >= 15 is 0 Å². The molecule has 1 unspecified atom stereocenters. The summed E-state index contributed by atoms with van der Waals surface area (Å²) < 4.78 is 5.05. The monoisotopic (exact) mass is 267 g/mol. The van der Waals surface area contributed by atoms with Crippen molar-refractivity contribution in [2.45, 2.75) is 25.9 Å². The van der Waals surface area contributed by atoms with E-state index in [-0.39, 0.29) is 17.8 Å². The third-order valence-corrected chi connectivity index (χ3v) is 2.90. The summed E-state index contributed by atoms with van der Waals surface area (Å²) >= 11 is 5.81. The van der Waals surface area contributed by atoms with Crippen LogP contribution in [0.15, 0.2) is 24.3 Å². The molecular formula is C13H14ClNO3. The van der Waals surface area contributed by atoms with Crippen LogP contribution in [-0.4, -0.2) is 18.0 Å². The summed E-state index contributed by atoms with van der Waals surface area (Å²) in [5, 5.41) is 3.18. The number of anilines is 1. The number of amides is 1. The predicted molar refractivity (Wildman–Crippen MR) is 68.4 cm³/mol. The largest absolute Gasteiger partial charge is 0.452 e. The molecule has 1 amide bonds. The van der Waals surface area contributed by atoms with E-state index in [1.807, 2.05) is 0 Å². The van der Waals surface area contributed by atoms with Gasteiger partial charge in [-0.25, -0.2) is 0 Å². The molecule has 0 spiro atoms. The summed E-state index contributed by atoms with van der Waals surface area (Å²) in [6.45, 7) is 1.56. The Balaban J connectivity index is 1.88. The smallest absolute Gasteiger partial charge is 0.309 e. The highest BCUT2D eigenvalue weighted by Gasteiger charge is 2.33. The van der Waals surface area contributed by atoms with E-state index in [0.29, 0.717) is 10.7 Å². The van der Waals surface area contributed by atoms with Crippen molar-refractivity contribution in [3.8, 4) is 0 Å². The van der Waals surface area contributed by atoms with Crippen LogP contribution in [0.2, 0.25) is 5.02 Å². The van der Waals surface area contributed by atoms with Crippen LogP contribution in [0.1, 0.15) is 19.8 Å². The Hall–Kier alpha value is -1.55. The van der Waals surface area contributed by atoms with Gasteiger partial charge in [0.15, 0.2) is 6.10 Å². The summed E-state index contributed by atoms with van der Waals surface area (Å²) in [5.74, 6) is -0.651. The maximum atomic E-state index is 11.8. The number of ether oxygens (including phenoxy) is 1. The van der Waals surface area contributed by atoms with Crippen molar-refractivity contribution in [3.05, 3.63) is 29.3 Å². The van der Waals surface area contributed by atoms with Gasteiger partial charge in [0, 0.05) is 10.7 Å². The van der Waals surface area contributed by atoms with Crippen LogP contribution in [0, 0.1) is 5.92 Å². The van der Waals surface area contributed by atoms with Gasteiger partial charge >= 0.3 is 5.97 Å². The van der Waals surface area contributed by atoms with Crippen LogP contribution in [0.25, 0.3) is 0 Å². The molecule has 2 rings (SSSR count). The van der Waals surface area contributed by atoms with Crippen LogP contribution < -0.4 is 5.32 Å². The van der Waals surface area contributed by atoms with Gasteiger partial charge in [0.05, 0.1) is 5.92 Å². The third kappa shape index (κ3) is 3.47. The molecule has 96 valence electrons. The standard InChI is InChI=1S/C13H14ClNO3/c1-8(18-13(17)9-5-6-9)12(16)15-11-4-2-3-10(14)7-11/h2-4,7-9H,5-6H2,1H3,(H,15,16). The minimum atomic E-state index is -0.794. The number of nitrogens with one attached hydrogen (secondary N) is 1. The van der Waals surface area contributed by atoms with Crippen LogP contribution >= 0.6 is 11.6 Å². The summed E-state index contributed by atoms with van der Waals surface area (Å²) in [7, 11) is 0. The Labute approximate surface area is 110 Å². The van der Waals surface area contributed by atoms with Gasteiger partial charge in [-0.15, -0.1) is 0 Å². The zero-order chi connectivity index (χ0) is 13.1. The third-order valence-electron chi connectivity index (χ3n) is 2.66. The number of halogens is 1. The number of benzene rings is 1. The van der Waals surface area contributed by atoms with Gasteiger partial charge in [-0.1, -0.05) is 17.7 Å². The Morgan fingerprint density at radius 1 is 1.44 bits per heavy atom. The van der Waals surface area contributed by atoms with E-state index in [2.05, 4.69) is 5.32 Å².